The molecule has 2 saturated carbocycles. The maximum atomic E-state index is 3.68. The van der Waals surface area contributed by atoms with Crippen LogP contribution < -0.4 is 5.32 Å². The number of nitrogens with one attached hydrogen (secondary N) is 1. The summed E-state index contributed by atoms with van der Waals surface area (Å²) in [6.45, 7) is 8.50. The Hall–Kier alpha value is -0.0800. The van der Waals surface area contributed by atoms with Gasteiger partial charge < -0.3 is 5.32 Å². The molecule has 0 spiro atoms. The maximum absolute atomic E-state index is 3.68. The van der Waals surface area contributed by atoms with Crippen molar-refractivity contribution in [2.24, 2.45) is 17.8 Å². The molecule has 16 heavy (non-hydrogen) atoms. The smallest absolute Gasteiger partial charge is 0.0218 e. The summed E-state index contributed by atoms with van der Waals surface area (Å²) >= 11 is 0. The molecule has 0 amide bonds. The molecule has 0 bridgehead atoms. The molecule has 1 aliphatic heterocycles. The quantitative estimate of drug-likeness (QED) is 0.783. The van der Waals surface area contributed by atoms with E-state index in [2.05, 4.69) is 24.1 Å². The van der Waals surface area contributed by atoms with E-state index in [0.717, 1.165) is 29.8 Å². The molecule has 2 aliphatic carbocycles. The molecule has 3 aliphatic rings. The minimum absolute atomic E-state index is 0.730. The molecule has 1 N–H and O–H groups in total. The molecule has 0 aromatic heterocycles. The van der Waals surface area contributed by atoms with Gasteiger partial charge in [-0.1, -0.05) is 13.8 Å². The number of hydrogen-bond donors (Lipinski definition) is 1. The Kier molecular flexibility index (Phi) is 2.97. The first-order valence-corrected chi connectivity index (χ1v) is 7.23. The van der Waals surface area contributed by atoms with Crippen LogP contribution in [-0.4, -0.2) is 36.6 Å². The molecular weight excluding hydrogens is 196 g/mol. The normalized spacial score (nSPS) is 32.6. The van der Waals surface area contributed by atoms with Gasteiger partial charge in [0.2, 0.25) is 0 Å². The first kappa shape index (κ1) is 11.0. The number of nitrogens with zero attached hydrogens (tertiary/aromatic N) is 1. The van der Waals surface area contributed by atoms with Crippen LogP contribution in [0.25, 0.3) is 0 Å². The van der Waals surface area contributed by atoms with E-state index in [-0.39, 0.29) is 0 Å². The standard InChI is InChI=1S/C14H26N2/c1-10(2)13-9-16(8-7-15-13)14(11-3-4-11)12-5-6-12/h10-15H,3-9H2,1-2H3. The third kappa shape index (κ3) is 2.28. The minimum Gasteiger partial charge on any atom is -0.311 e. The van der Waals surface area contributed by atoms with E-state index in [1.807, 2.05) is 0 Å². The predicted octanol–water partition coefficient (Wildman–Crippen LogP) is 2.10. The highest BCUT2D eigenvalue weighted by Gasteiger charge is 2.45. The molecule has 2 heteroatoms. The lowest BCUT2D eigenvalue weighted by atomic mass is 9.98. The summed E-state index contributed by atoms with van der Waals surface area (Å²) in [4.78, 5) is 2.83. The van der Waals surface area contributed by atoms with Gasteiger partial charge in [-0.15, -0.1) is 0 Å². The molecule has 1 heterocycles. The zero-order valence-electron chi connectivity index (χ0n) is 10.8. The van der Waals surface area contributed by atoms with Crippen LogP contribution in [0.1, 0.15) is 39.5 Å². The van der Waals surface area contributed by atoms with E-state index in [1.165, 1.54) is 45.3 Å². The Labute approximate surface area is 99.8 Å². The van der Waals surface area contributed by atoms with Crippen molar-refractivity contribution < 1.29 is 0 Å². The van der Waals surface area contributed by atoms with Crippen molar-refractivity contribution >= 4 is 0 Å². The van der Waals surface area contributed by atoms with Gasteiger partial charge in [0.25, 0.3) is 0 Å². The van der Waals surface area contributed by atoms with Gasteiger partial charge in [-0.05, 0) is 43.4 Å². The van der Waals surface area contributed by atoms with Gasteiger partial charge in [-0.2, -0.15) is 0 Å². The van der Waals surface area contributed by atoms with Crippen molar-refractivity contribution in [2.75, 3.05) is 19.6 Å². The molecule has 1 atom stereocenters. The van der Waals surface area contributed by atoms with Crippen LogP contribution in [0.15, 0.2) is 0 Å². The second-order valence-electron chi connectivity index (χ2n) is 6.47. The second kappa shape index (κ2) is 4.30. The largest absolute Gasteiger partial charge is 0.311 e. The van der Waals surface area contributed by atoms with Gasteiger partial charge in [-0.25, -0.2) is 0 Å². The summed E-state index contributed by atoms with van der Waals surface area (Å²) in [6.07, 6.45) is 6.05. The Balaban J connectivity index is 1.63. The van der Waals surface area contributed by atoms with Gasteiger partial charge in [-0.3, -0.25) is 4.90 Å². The van der Waals surface area contributed by atoms with Crippen molar-refractivity contribution in [3.63, 3.8) is 0 Å². The average molecular weight is 222 g/mol. The van der Waals surface area contributed by atoms with E-state index in [9.17, 15) is 0 Å². The first-order valence-electron chi connectivity index (χ1n) is 7.23. The van der Waals surface area contributed by atoms with Gasteiger partial charge in [0.1, 0.15) is 0 Å². The molecule has 0 aromatic carbocycles. The molecule has 3 rings (SSSR count). The molecule has 3 fully saturated rings. The second-order valence-corrected chi connectivity index (χ2v) is 6.47. The van der Waals surface area contributed by atoms with Gasteiger partial charge in [0.05, 0.1) is 0 Å². The molecule has 0 aromatic rings. The van der Waals surface area contributed by atoms with Crippen LogP contribution >= 0.6 is 0 Å². The van der Waals surface area contributed by atoms with E-state index in [4.69, 9.17) is 0 Å². The van der Waals surface area contributed by atoms with Crippen LogP contribution in [0, 0.1) is 17.8 Å². The summed E-state index contributed by atoms with van der Waals surface area (Å²) in [5.74, 6) is 2.92. The third-order valence-electron chi connectivity index (χ3n) is 4.67. The van der Waals surface area contributed by atoms with Crippen LogP contribution in [0.5, 0.6) is 0 Å². The monoisotopic (exact) mass is 222 g/mol. The Morgan fingerprint density at radius 3 is 2.19 bits per heavy atom. The Morgan fingerprint density at radius 2 is 1.69 bits per heavy atom. The predicted molar refractivity (Wildman–Crippen MR) is 67.4 cm³/mol. The summed E-state index contributed by atoms with van der Waals surface area (Å²) < 4.78 is 0. The maximum Gasteiger partial charge on any atom is 0.0218 e. The van der Waals surface area contributed by atoms with Gasteiger partial charge in [0, 0.05) is 31.7 Å². The number of rotatable bonds is 4. The summed E-state index contributed by atoms with van der Waals surface area (Å²) in [6, 6.07) is 1.69. The average Bonchev–Trinajstić information content (AvgIpc) is 3.12. The van der Waals surface area contributed by atoms with E-state index < -0.39 is 0 Å². The van der Waals surface area contributed by atoms with Crippen molar-refractivity contribution in [1.29, 1.82) is 0 Å². The van der Waals surface area contributed by atoms with E-state index in [0.29, 0.717) is 0 Å². The van der Waals surface area contributed by atoms with Crippen LogP contribution in [-0.2, 0) is 0 Å². The summed E-state index contributed by atoms with van der Waals surface area (Å²) in [7, 11) is 0. The van der Waals surface area contributed by atoms with E-state index in [1.54, 1.807) is 0 Å². The fraction of sp³-hybridized carbons (Fsp3) is 1.00. The first-order chi connectivity index (χ1) is 7.75. The lowest BCUT2D eigenvalue weighted by Gasteiger charge is -2.41. The lowest BCUT2D eigenvalue weighted by Crippen LogP contribution is -2.56. The molecule has 0 radical (unpaired) electrons. The van der Waals surface area contributed by atoms with E-state index >= 15 is 0 Å². The zero-order chi connectivity index (χ0) is 11.1. The minimum atomic E-state index is 0.730. The highest BCUT2D eigenvalue weighted by atomic mass is 15.2. The van der Waals surface area contributed by atoms with Crippen molar-refractivity contribution in [3.05, 3.63) is 0 Å². The summed E-state index contributed by atoms with van der Waals surface area (Å²) in [5.41, 5.74) is 0. The van der Waals surface area contributed by atoms with Crippen LogP contribution in [0.4, 0.5) is 0 Å². The lowest BCUT2D eigenvalue weighted by molar-refractivity contribution is 0.101. The summed E-state index contributed by atoms with van der Waals surface area (Å²) in [5, 5.41) is 3.68. The fourth-order valence-corrected chi connectivity index (χ4v) is 3.38. The Morgan fingerprint density at radius 1 is 1.06 bits per heavy atom. The highest BCUT2D eigenvalue weighted by Crippen LogP contribution is 2.47. The molecule has 92 valence electrons. The highest BCUT2D eigenvalue weighted by molar-refractivity contribution is 4.99. The van der Waals surface area contributed by atoms with Gasteiger partial charge >= 0.3 is 0 Å². The SMILES string of the molecule is CC(C)C1CN(C(C2CC2)C2CC2)CCN1. The molecular formula is C14H26N2. The number of hydrogen-bond acceptors (Lipinski definition) is 2. The third-order valence-corrected chi connectivity index (χ3v) is 4.67. The fourth-order valence-electron chi connectivity index (χ4n) is 3.38. The zero-order valence-corrected chi connectivity index (χ0v) is 10.8. The molecule has 2 nitrogen and oxygen atoms in total. The Bertz CT molecular complexity index is 231. The number of piperazine rings is 1. The van der Waals surface area contributed by atoms with Crippen molar-refractivity contribution in [1.82, 2.24) is 10.2 Å². The molecule has 1 unspecified atom stereocenters. The van der Waals surface area contributed by atoms with Gasteiger partial charge in [0.15, 0.2) is 0 Å². The van der Waals surface area contributed by atoms with Crippen LogP contribution in [0.3, 0.4) is 0 Å². The van der Waals surface area contributed by atoms with Crippen molar-refractivity contribution in [3.8, 4) is 0 Å². The topological polar surface area (TPSA) is 15.3 Å². The molecule has 1 saturated heterocycles. The van der Waals surface area contributed by atoms with Crippen LogP contribution in [0.2, 0.25) is 0 Å². The van der Waals surface area contributed by atoms with Crippen molar-refractivity contribution in [2.45, 2.75) is 51.6 Å².